The molecule has 0 aromatic carbocycles. The molecule has 0 aliphatic carbocycles. The molecule has 1 aromatic rings. The number of rotatable bonds is 6. The minimum Gasteiger partial charge on any atom is -0.444 e. The number of carbonyl (C=O) groups excluding carboxylic acids is 1. The molecule has 0 radical (unpaired) electrons. The number of amides is 1. The van der Waals surface area contributed by atoms with Crippen LogP contribution in [0.15, 0.2) is 12.5 Å². The smallest absolute Gasteiger partial charge is 0.408 e. The van der Waals surface area contributed by atoms with Gasteiger partial charge in [-0.2, -0.15) is 11.8 Å². The van der Waals surface area contributed by atoms with Crippen molar-refractivity contribution in [2.24, 2.45) is 0 Å². The fraction of sp³-hybridized carbons (Fsp3) is 0.733. The van der Waals surface area contributed by atoms with Crippen molar-refractivity contribution in [3.8, 4) is 0 Å². The molecule has 1 rings (SSSR count). The number of carbonyl (C=O) groups is 1. The van der Waals surface area contributed by atoms with Crippen LogP contribution in [-0.4, -0.2) is 33.3 Å². The van der Waals surface area contributed by atoms with E-state index in [1.807, 2.05) is 45.8 Å². The van der Waals surface area contributed by atoms with Gasteiger partial charge in [0.05, 0.1) is 24.3 Å². The van der Waals surface area contributed by atoms with Gasteiger partial charge in [-0.3, -0.25) is 0 Å². The summed E-state index contributed by atoms with van der Waals surface area (Å²) < 4.78 is 7.41. The minimum absolute atomic E-state index is 0.140. The molecule has 0 bridgehead atoms. The number of imidazole rings is 1. The summed E-state index contributed by atoms with van der Waals surface area (Å²) in [5.74, 6) is 1.10. The zero-order valence-electron chi connectivity index (χ0n) is 13.8. The molecule has 1 heterocycles. The van der Waals surface area contributed by atoms with Crippen LogP contribution >= 0.6 is 11.8 Å². The molecule has 2 unspecified atom stereocenters. The number of nitrogens with one attached hydrogen (secondary N) is 1. The summed E-state index contributed by atoms with van der Waals surface area (Å²) in [7, 11) is 0. The zero-order chi connectivity index (χ0) is 16.0. The Morgan fingerprint density at radius 3 is 2.71 bits per heavy atom. The maximum absolute atomic E-state index is 11.9. The molecule has 0 saturated heterocycles. The lowest BCUT2D eigenvalue weighted by Gasteiger charge is -2.23. The van der Waals surface area contributed by atoms with E-state index in [4.69, 9.17) is 4.74 Å². The van der Waals surface area contributed by atoms with Gasteiger partial charge >= 0.3 is 6.09 Å². The summed E-state index contributed by atoms with van der Waals surface area (Å²) >= 11 is 1.83. The highest BCUT2D eigenvalue weighted by molar-refractivity contribution is 7.98. The van der Waals surface area contributed by atoms with Gasteiger partial charge in [0.2, 0.25) is 0 Å². The van der Waals surface area contributed by atoms with Crippen LogP contribution in [-0.2, 0) is 4.74 Å². The molecule has 1 aromatic heterocycles. The first-order chi connectivity index (χ1) is 9.74. The van der Waals surface area contributed by atoms with Crippen LogP contribution in [0.25, 0.3) is 0 Å². The SMILES string of the molecule is CSCCC(C)n1cncc1C(C)NC(=O)OC(C)(C)C. The first-order valence-electron chi connectivity index (χ1n) is 7.24. The van der Waals surface area contributed by atoms with Gasteiger partial charge in [0.15, 0.2) is 0 Å². The van der Waals surface area contributed by atoms with Crippen molar-refractivity contribution in [1.82, 2.24) is 14.9 Å². The van der Waals surface area contributed by atoms with E-state index in [9.17, 15) is 4.79 Å². The van der Waals surface area contributed by atoms with Gasteiger partial charge in [0, 0.05) is 6.04 Å². The van der Waals surface area contributed by atoms with Crippen LogP contribution in [0.3, 0.4) is 0 Å². The van der Waals surface area contributed by atoms with E-state index in [2.05, 4.69) is 28.0 Å². The fourth-order valence-electron chi connectivity index (χ4n) is 2.00. The Hall–Kier alpha value is -1.17. The molecular formula is C15H27N3O2S. The van der Waals surface area contributed by atoms with E-state index in [0.717, 1.165) is 17.9 Å². The summed E-state index contributed by atoms with van der Waals surface area (Å²) in [6.45, 7) is 9.67. The largest absolute Gasteiger partial charge is 0.444 e. The van der Waals surface area contributed by atoms with Crippen LogP contribution in [0.5, 0.6) is 0 Å². The molecule has 1 N–H and O–H groups in total. The quantitative estimate of drug-likeness (QED) is 0.868. The molecule has 2 atom stereocenters. The lowest BCUT2D eigenvalue weighted by atomic mass is 10.2. The third-order valence-corrected chi connectivity index (χ3v) is 3.73. The molecule has 120 valence electrons. The highest BCUT2D eigenvalue weighted by Crippen LogP contribution is 2.21. The molecular weight excluding hydrogens is 286 g/mol. The van der Waals surface area contributed by atoms with Crippen molar-refractivity contribution in [1.29, 1.82) is 0 Å². The summed E-state index contributed by atoms with van der Waals surface area (Å²) in [6.07, 6.45) is 6.41. The van der Waals surface area contributed by atoms with Crippen molar-refractivity contribution in [3.63, 3.8) is 0 Å². The van der Waals surface area contributed by atoms with Gasteiger partial charge in [-0.1, -0.05) is 0 Å². The van der Waals surface area contributed by atoms with Crippen LogP contribution in [0, 0.1) is 0 Å². The first kappa shape index (κ1) is 17.9. The molecule has 0 aliphatic rings. The first-order valence-corrected chi connectivity index (χ1v) is 8.64. The van der Waals surface area contributed by atoms with Gasteiger partial charge in [0.25, 0.3) is 0 Å². The van der Waals surface area contributed by atoms with Crippen LogP contribution in [0.1, 0.15) is 58.8 Å². The molecule has 1 amide bonds. The monoisotopic (exact) mass is 313 g/mol. The molecule has 5 nitrogen and oxygen atoms in total. The van der Waals surface area contributed by atoms with Crippen LogP contribution < -0.4 is 5.32 Å². The minimum atomic E-state index is -0.490. The third-order valence-electron chi connectivity index (χ3n) is 3.09. The summed E-state index contributed by atoms with van der Waals surface area (Å²) in [5, 5.41) is 2.86. The third kappa shape index (κ3) is 5.99. The Labute approximate surface area is 131 Å². The molecule has 21 heavy (non-hydrogen) atoms. The predicted molar refractivity (Wildman–Crippen MR) is 87.7 cm³/mol. The van der Waals surface area contributed by atoms with Gasteiger partial charge in [-0.15, -0.1) is 0 Å². The van der Waals surface area contributed by atoms with Crippen molar-refractivity contribution in [3.05, 3.63) is 18.2 Å². The summed E-state index contributed by atoms with van der Waals surface area (Å²) in [6, 6.07) is 0.219. The van der Waals surface area contributed by atoms with E-state index in [-0.39, 0.29) is 6.04 Å². The second-order valence-electron chi connectivity index (χ2n) is 6.22. The topological polar surface area (TPSA) is 56.2 Å². The highest BCUT2D eigenvalue weighted by Gasteiger charge is 2.20. The van der Waals surface area contributed by atoms with E-state index < -0.39 is 11.7 Å². The Balaban J connectivity index is 2.68. The van der Waals surface area contributed by atoms with Crippen molar-refractivity contribution in [2.45, 2.75) is 58.7 Å². The Morgan fingerprint density at radius 1 is 1.48 bits per heavy atom. The Kier molecular flexibility index (Phi) is 6.58. The lowest BCUT2D eigenvalue weighted by molar-refractivity contribution is 0.0506. The van der Waals surface area contributed by atoms with Crippen LogP contribution in [0.4, 0.5) is 4.79 Å². The molecule has 6 heteroatoms. The maximum atomic E-state index is 11.9. The number of hydrogen-bond acceptors (Lipinski definition) is 4. The van der Waals surface area contributed by atoms with E-state index in [0.29, 0.717) is 6.04 Å². The van der Waals surface area contributed by atoms with Gasteiger partial charge in [0.1, 0.15) is 5.60 Å². The lowest BCUT2D eigenvalue weighted by Crippen LogP contribution is -2.34. The van der Waals surface area contributed by atoms with Gasteiger partial charge in [-0.25, -0.2) is 9.78 Å². The van der Waals surface area contributed by atoms with Crippen molar-refractivity contribution in [2.75, 3.05) is 12.0 Å². The number of ether oxygens (including phenoxy) is 1. The molecule has 0 saturated carbocycles. The number of thioether (sulfide) groups is 1. The number of aromatic nitrogens is 2. The number of alkyl carbamates (subject to hydrolysis) is 1. The molecule has 0 aliphatic heterocycles. The number of nitrogens with zero attached hydrogens (tertiary/aromatic N) is 2. The van der Waals surface area contributed by atoms with Crippen molar-refractivity contribution < 1.29 is 9.53 Å². The molecule has 0 fully saturated rings. The second-order valence-corrected chi connectivity index (χ2v) is 7.21. The summed E-state index contributed by atoms with van der Waals surface area (Å²) in [5.41, 5.74) is 0.504. The van der Waals surface area contributed by atoms with Gasteiger partial charge < -0.3 is 14.6 Å². The van der Waals surface area contributed by atoms with E-state index in [1.165, 1.54) is 0 Å². The highest BCUT2D eigenvalue weighted by atomic mass is 32.2. The van der Waals surface area contributed by atoms with Crippen LogP contribution in [0.2, 0.25) is 0 Å². The summed E-state index contributed by atoms with van der Waals surface area (Å²) in [4.78, 5) is 16.1. The Bertz CT molecular complexity index is 454. The predicted octanol–water partition coefficient (Wildman–Crippen LogP) is 3.78. The maximum Gasteiger partial charge on any atom is 0.408 e. The zero-order valence-corrected chi connectivity index (χ0v) is 14.7. The number of hydrogen-bond donors (Lipinski definition) is 1. The molecule has 0 spiro atoms. The average molecular weight is 313 g/mol. The standard InChI is InChI=1S/C15H27N3O2S/c1-11(7-8-21-6)18-10-16-9-13(18)12(2)17-14(19)20-15(3,4)5/h9-12H,7-8H2,1-6H3,(H,17,19). The average Bonchev–Trinajstić information content (AvgIpc) is 2.82. The second kappa shape index (κ2) is 7.73. The van der Waals surface area contributed by atoms with E-state index >= 15 is 0 Å². The van der Waals surface area contributed by atoms with Crippen molar-refractivity contribution >= 4 is 17.9 Å². The normalized spacial score (nSPS) is 14.6. The Morgan fingerprint density at radius 2 is 2.14 bits per heavy atom. The fourth-order valence-corrected chi connectivity index (χ4v) is 2.58. The van der Waals surface area contributed by atoms with E-state index in [1.54, 1.807) is 6.20 Å². The van der Waals surface area contributed by atoms with Gasteiger partial charge in [-0.05, 0) is 53.0 Å².